The fourth-order valence-electron chi connectivity index (χ4n) is 0.890. The molecule has 68 valence electrons. The lowest BCUT2D eigenvalue weighted by Gasteiger charge is -2.08. The number of hydrogen-bond donors (Lipinski definition) is 1. The molecule has 0 rings (SSSR count). The van der Waals surface area contributed by atoms with Gasteiger partial charge in [0.05, 0.1) is 6.04 Å². The molecule has 12 heavy (non-hydrogen) atoms. The van der Waals surface area contributed by atoms with Crippen molar-refractivity contribution < 1.29 is 0 Å². The van der Waals surface area contributed by atoms with Gasteiger partial charge in [0.25, 0.3) is 0 Å². The minimum Gasteiger partial charge on any atom is -0.300 e. The Morgan fingerprint density at radius 2 is 2.33 bits per heavy atom. The van der Waals surface area contributed by atoms with E-state index in [1.54, 1.807) is 0 Å². The molecule has 1 unspecified atom stereocenters. The summed E-state index contributed by atoms with van der Waals surface area (Å²) >= 11 is 5.46. The fraction of sp³-hybridized carbons (Fsp3) is 0.600. The molecule has 0 amide bonds. The first-order chi connectivity index (χ1) is 5.85. The second kappa shape index (κ2) is 8.64. The minimum absolute atomic E-state index is 0.204. The second-order valence-electron chi connectivity index (χ2n) is 2.54. The Balaban J connectivity index is 3.46. The second-order valence-corrected chi connectivity index (χ2v) is 2.85. The number of allylic oxidation sites excluding steroid dienone is 1. The van der Waals surface area contributed by atoms with Crippen molar-refractivity contribution in [3.05, 3.63) is 12.2 Å². The summed E-state index contributed by atoms with van der Waals surface area (Å²) in [6, 6.07) is 0.204. The molecule has 0 radical (unpaired) electrons. The lowest BCUT2D eigenvalue weighted by atomic mass is 10.2. The van der Waals surface area contributed by atoms with Gasteiger partial charge in [0.2, 0.25) is 0 Å². The number of alkyl halides is 1. The van der Waals surface area contributed by atoms with E-state index in [0.717, 1.165) is 19.4 Å². The topological polar surface area (TPSA) is 12.0 Å². The van der Waals surface area contributed by atoms with E-state index in [-0.39, 0.29) is 6.04 Å². The molecule has 0 saturated heterocycles. The summed E-state index contributed by atoms with van der Waals surface area (Å²) in [4.78, 5) is 0. The van der Waals surface area contributed by atoms with E-state index in [0.29, 0.717) is 5.88 Å². The summed E-state index contributed by atoms with van der Waals surface area (Å²) in [5.74, 6) is 3.27. The van der Waals surface area contributed by atoms with Crippen LogP contribution in [0.15, 0.2) is 12.2 Å². The highest BCUT2D eigenvalue weighted by Crippen LogP contribution is 1.93. The van der Waals surface area contributed by atoms with Gasteiger partial charge in [0.15, 0.2) is 0 Å². The third-order valence-corrected chi connectivity index (χ3v) is 1.69. The molecule has 0 heterocycles. The van der Waals surface area contributed by atoms with Gasteiger partial charge < -0.3 is 5.32 Å². The zero-order chi connectivity index (χ0) is 9.23. The third-order valence-electron chi connectivity index (χ3n) is 1.52. The quantitative estimate of drug-likeness (QED) is 0.380. The van der Waals surface area contributed by atoms with Crippen LogP contribution in [0.4, 0.5) is 0 Å². The molecule has 0 aliphatic rings. The van der Waals surface area contributed by atoms with E-state index in [2.05, 4.69) is 18.2 Å². The maximum absolute atomic E-state index is 5.46. The molecular weight excluding hydrogens is 170 g/mol. The molecule has 0 spiro atoms. The van der Waals surface area contributed by atoms with E-state index in [4.69, 9.17) is 18.0 Å². The summed E-state index contributed by atoms with van der Waals surface area (Å²) in [5.41, 5.74) is 0. The van der Waals surface area contributed by atoms with E-state index < -0.39 is 0 Å². The van der Waals surface area contributed by atoms with Crippen molar-refractivity contribution in [3.63, 3.8) is 0 Å². The van der Waals surface area contributed by atoms with Gasteiger partial charge >= 0.3 is 0 Å². The van der Waals surface area contributed by atoms with Crippen molar-refractivity contribution in [2.45, 2.75) is 25.8 Å². The Labute approximate surface area is 80.2 Å². The van der Waals surface area contributed by atoms with E-state index >= 15 is 0 Å². The molecule has 0 aromatic heterocycles. The molecule has 0 saturated carbocycles. The molecule has 1 nitrogen and oxygen atoms in total. The van der Waals surface area contributed by atoms with Crippen molar-refractivity contribution in [3.8, 4) is 12.3 Å². The van der Waals surface area contributed by atoms with Crippen LogP contribution in [-0.2, 0) is 0 Å². The van der Waals surface area contributed by atoms with Crippen molar-refractivity contribution in [2.75, 3.05) is 12.4 Å². The molecular formula is C10H16ClN. The van der Waals surface area contributed by atoms with Gasteiger partial charge in [-0.3, -0.25) is 0 Å². The summed E-state index contributed by atoms with van der Waals surface area (Å²) in [6.07, 6.45) is 11.4. The third kappa shape index (κ3) is 6.27. The van der Waals surface area contributed by atoms with Gasteiger partial charge in [0.1, 0.15) is 0 Å². The summed E-state index contributed by atoms with van der Waals surface area (Å²) < 4.78 is 0. The van der Waals surface area contributed by atoms with Crippen LogP contribution in [0.25, 0.3) is 0 Å². The zero-order valence-electron chi connectivity index (χ0n) is 7.52. The summed E-state index contributed by atoms with van der Waals surface area (Å²) in [7, 11) is 0. The van der Waals surface area contributed by atoms with Gasteiger partial charge in [0, 0.05) is 12.4 Å². The van der Waals surface area contributed by atoms with Gasteiger partial charge in [-0.25, -0.2) is 0 Å². The Morgan fingerprint density at radius 3 is 2.83 bits per heavy atom. The largest absolute Gasteiger partial charge is 0.300 e. The zero-order valence-corrected chi connectivity index (χ0v) is 8.27. The molecule has 0 aliphatic heterocycles. The monoisotopic (exact) mass is 185 g/mol. The predicted octanol–water partition coefficient (Wildman–Crippen LogP) is 2.17. The average Bonchev–Trinajstić information content (AvgIpc) is 2.10. The van der Waals surface area contributed by atoms with E-state index in [1.807, 2.05) is 12.2 Å². The predicted molar refractivity (Wildman–Crippen MR) is 55.4 cm³/mol. The van der Waals surface area contributed by atoms with Crippen LogP contribution >= 0.6 is 11.6 Å². The van der Waals surface area contributed by atoms with Crippen molar-refractivity contribution >= 4 is 11.6 Å². The normalized spacial score (nSPS) is 13.1. The van der Waals surface area contributed by atoms with Gasteiger partial charge in [-0.15, -0.1) is 18.0 Å². The number of hydrogen-bond acceptors (Lipinski definition) is 1. The molecule has 1 N–H and O–H groups in total. The number of halogens is 1. The van der Waals surface area contributed by atoms with E-state index in [9.17, 15) is 0 Å². The van der Waals surface area contributed by atoms with Crippen LogP contribution in [-0.4, -0.2) is 18.5 Å². The minimum atomic E-state index is 0.204. The highest BCUT2D eigenvalue weighted by molar-refractivity contribution is 6.18. The molecule has 0 aliphatic carbocycles. The maximum atomic E-state index is 5.46. The van der Waals surface area contributed by atoms with Gasteiger partial charge in [-0.1, -0.05) is 31.4 Å². The molecule has 1 atom stereocenters. The molecule has 0 aromatic carbocycles. The SMILES string of the molecule is C#CC(CCC)NC/C=C/CCl. The average molecular weight is 186 g/mol. The smallest absolute Gasteiger partial charge is 0.0689 e. The Bertz CT molecular complexity index is 158. The van der Waals surface area contributed by atoms with Crippen molar-refractivity contribution in [1.29, 1.82) is 0 Å². The Morgan fingerprint density at radius 1 is 1.58 bits per heavy atom. The first kappa shape index (κ1) is 11.6. The van der Waals surface area contributed by atoms with Crippen LogP contribution in [0.3, 0.4) is 0 Å². The van der Waals surface area contributed by atoms with Gasteiger partial charge in [-0.05, 0) is 6.42 Å². The summed E-state index contributed by atoms with van der Waals surface area (Å²) in [6.45, 7) is 2.93. The first-order valence-electron chi connectivity index (χ1n) is 4.25. The molecule has 0 bridgehead atoms. The Kier molecular flexibility index (Phi) is 8.32. The standard InChI is InChI=1S/C10H16ClN/c1-3-7-10(4-2)12-9-6-5-8-11/h2,5-6,10,12H,3,7-9H2,1H3/b6-5+. The number of nitrogens with one attached hydrogen (secondary N) is 1. The maximum Gasteiger partial charge on any atom is 0.0689 e. The lowest BCUT2D eigenvalue weighted by molar-refractivity contribution is 0.595. The number of rotatable bonds is 6. The first-order valence-corrected chi connectivity index (χ1v) is 4.79. The highest BCUT2D eigenvalue weighted by atomic mass is 35.5. The van der Waals surface area contributed by atoms with E-state index in [1.165, 1.54) is 0 Å². The van der Waals surface area contributed by atoms with Crippen LogP contribution in [0.1, 0.15) is 19.8 Å². The van der Waals surface area contributed by atoms with Crippen LogP contribution < -0.4 is 5.32 Å². The highest BCUT2D eigenvalue weighted by Gasteiger charge is 1.98. The molecule has 0 fully saturated rings. The van der Waals surface area contributed by atoms with Gasteiger partial charge in [-0.2, -0.15) is 0 Å². The van der Waals surface area contributed by atoms with Crippen LogP contribution in [0.2, 0.25) is 0 Å². The lowest BCUT2D eigenvalue weighted by Crippen LogP contribution is -2.27. The molecule has 2 heteroatoms. The van der Waals surface area contributed by atoms with Crippen molar-refractivity contribution in [2.24, 2.45) is 0 Å². The van der Waals surface area contributed by atoms with Crippen molar-refractivity contribution in [1.82, 2.24) is 5.32 Å². The summed E-state index contributed by atoms with van der Waals surface area (Å²) in [5, 5.41) is 3.22. The molecule has 0 aromatic rings. The number of terminal acetylenes is 1. The Hall–Kier alpha value is -0.450. The van der Waals surface area contributed by atoms with Crippen LogP contribution in [0.5, 0.6) is 0 Å². The fourth-order valence-corrected chi connectivity index (χ4v) is 1.02. The van der Waals surface area contributed by atoms with Crippen LogP contribution in [0, 0.1) is 12.3 Å².